The average molecular weight is 473 g/mol. The minimum atomic E-state index is -0.411. The molecule has 0 saturated carbocycles. The highest BCUT2D eigenvalue weighted by Crippen LogP contribution is 2.29. The van der Waals surface area contributed by atoms with E-state index in [4.69, 9.17) is 16.2 Å². The molecule has 1 aliphatic rings. The largest absolute Gasteiger partial charge is 0.470 e. The third-order valence-electron chi connectivity index (χ3n) is 5.30. The van der Waals surface area contributed by atoms with Crippen LogP contribution in [0.2, 0.25) is 0 Å². The van der Waals surface area contributed by atoms with E-state index in [1.807, 2.05) is 54.6 Å². The number of ether oxygens (including phenoxy) is 1. The summed E-state index contributed by atoms with van der Waals surface area (Å²) in [5, 5.41) is 6.77. The van der Waals surface area contributed by atoms with E-state index in [-0.39, 0.29) is 6.10 Å². The van der Waals surface area contributed by atoms with Crippen molar-refractivity contribution in [1.82, 2.24) is 10.3 Å². The fourth-order valence-electron chi connectivity index (χ4n) is 3.44. The molecule has 1 amide bonds. The van der Waals surface area contributed by atoms with Gasteiger partial charge in [0.25, 0.3) is 0 Å². The number of fused-ring (bicyclic) bond motifs is 1. The Morgan fingerprint density at radius 1 is 1.17 bits per heavy atom. The summed E-state index contributed by atoms with van der Waals surface area (Å²) in [6.07, 6.45) is 5.77. The van der Waals surface area contributed by atoms with Crippen LogP contribution in [0.25, 0.3) is 5.57 Å². The molecule has 1 aromatic heterocycles. The number of primary amides is 1. The van der Waals surface area contributed by atoms with Gasteiger partial charge in [-0.1, -0.05) is 48.5 Å². The summed E-state index contributed by atoms with van der Waals surface area (Å²) in [4.78, 5) is 19.5. The molecule has 182 valence electrons. The number of carbonyl (C=O) groups excluding carboxylic acids is 1. The summed E-state index contributed by atoms with van der Waals surface area (Å²) < 4.78 is 5.98. The highest BCUT2D eigenvalue weighted by Gasteiger charge is 2.20. The number of benzene rings is 2. The van der Waals surface area contributed by atoms with Gasteiger partial charge in [0, 0.05) is 48.9 Å². The number of aliphatic imine (C=N–C) groups is 1. The lowest BCUT2D eigenvalue weighted by Crippen LogP contribution is -2.40. The molecule has 35 heavy (non-hydrogen) atoms. The summed E-state index contributed by atoms with van der Waals surface area (Å²) in [6.45, 7) is 2.18. The van der Waals surface area contributed by atoms with Gasteiger partial charge in [0.15, 0.2) is 0 Å². The van der Waals surface area contributed by atoms with E-state index in [1.54, 1.807) is 31.6 Å². The number of carbonyl (C=O) groups is 1. The maximum Gasteiger partial charge on any atom is 0.248 e. The van der Waals surface area contributed by atoms with Gasteiger partial charge in [0.05, 0.1) is 12.2 Å². The Morgan fingerprint density at radius 2 is 1.86 bits per heavy atom. The number of allylic oxidation sites excluding steroid dienone is 1. The van der Waals surface area contributed by atoms with E-state index < -0.39 is 5.91 Å². The highest BCUT2D eigenvalue weighted by atomic mass is 16.5. The topological polar surface area (TPSA) is 128 Å². The van der Waals surface area contributed by atoms with Crippen LogP contribution < -0.4 is 26.8 Å². The van der Waals surface area contributed by atoms with E-state index in [1.165, 1.54) is 6.20 Å². The standard InChI is InChI=1S/C21H26N6O2.C6H6/c1-24-10-17(9-22)16-8-19-21(27-11-16)29-18(13-26-19)12-25-7-6-14-2-4-15(5-3-14)20(23)28;1-2-4-6-5-3-1/h2-5,8-11,18,25-26H,6-7,12-13,22H2,1H3,(H2,23,28);1-6H/b17-9+,24-10?;. The first-order chi connectivity index (χ1) is 17.1. The van der Waals surface area contributed by atoms with Crippen LogP contribution in [-0.4, -0.2) is 49.9 Å². The van der Waals surface area contributed by atoms with Crippen molar-refractivity contribution in [3.8, 4) is 5.88 Å². The van der Waals surface area contributed by atoms with Crippen LogP contribution in [0.3, 0.4) is 0 Å². The Balaban J connectivity index is 0.000000497. The number of amides is 1. The van der Waals surface area contributed by atoms with Crippen molar-refractivity contribution in [2.24, 2.45) is 16.5 Å². The van der Waals surface area contributed by atoms with Crippen molar-refractivity contribution in [2.75, 3.05) is 32.0 Å². The van der Waals surface area contributed by atoms with Gasteiger partial charge in [-0.3, -0.25) is 9.79 Å². The maximum atomic E-state index is 11.1. The molecule has 8 nitrogen and oxygen atoms in total. The molecule has 1 aliphatic heterocycles. The fraction of sp³-hybridized carbons (Fsp3) is 0.222. The molecular weight excluding hydrogens is 440 g/mol. The molecule has 0 radical (unpaired) electrons. The van der Waals surface area contributed by atoms with Crippen LogP contribution in [0.4, 0.5) is 5.69 Å². The van der Waals surface area contributed by atoms with E-state index in [2.05, 4.69) is 20.6 Å². The summed E-state index contributed by atoms with van der Waals surface area (Å²) >= 11 is 0. The van der Waals surface area contributed by atoms with Crippen LogP contribution in [-0.2, 0) is 6.42 Å². The highest BCUT2D eigenvalue weighted by molar-refractivity contribution is 6.09. The summed E-state index contributed by atoms with van der Waals surface area (Å²) in [6, 6.07) is 21.3. The van der Waals surface area contributed by atoms with Gasteiger partial charge in [-0.15, -0.1) is 0 Å². The molecule has 0 bridgehead atoms. The van der Waals surface area contributed by atoms with Crippen molar-refractivity contribution in [3.05, 3.63) is 95.8 Å². The van der Waals surface area contributed by atoms with Gasteiger partial charge >= 0.3 is 0 Å². The predicted octanol–water partition coefficient (Wildman–Crippen LogP) is 2.87. The lowest BCUT2D eigenvalue weighted by Gasteiger charge is -2.27. The van der Waals surface area contributed by atoms with E-state index in [0.29, 0.717) is 24.5 Å². The third-order valence-corrected chi connectivity index (χ3v) is 5.30. The molecule has 0 aliphatic carbocycles. The quantitative estimate of drug-likeness (QED) is 0.295. The molecule has 1 unspecified atom stereocenters. The second-order valence-corrected chi connectivity index (χ2v) is 7.88. The second-order valence-electron chi connectivity index (χ2n) is 7.88. The fourth-order valence-corrected chi connectivity index (χ4v) is 3.44. The minimum Gasteiger partial charge on any atom is -0.470 e. The number of hydrogen-bond acceptors (Lipinski definition) is 7. The van der Waals surface area contributed by atoms with E-state index in [0.717, 1.165) is 35.4 Å². The monoisotopic (exact) mass is 472 g/mol. The molecule has 4 rings (SSSR count). The molecule has 0 spiro atoms. The number of nitrogens with zero attached hydrogens (tertiary/aromatic N) is 2. The average Bonchev–Trinajstić information content (AvgIpc) is 2.91. The smallest absolute Gasteiger partial charge is 0.248 e. The molecule has 3 aromatic rings. The maximum absolute atomic E-state index is 11.1. The van der Waals surface area contributed by atoms with Crippen molar-refractivity contribution < 1.29 is 9.53 Å². The van der Waals surface area contributed by atoms with Gasteiger partial charge < -0.3 is 26.8 Å². The van der Waals surface area contributed by atoms with Crippen molar-refractivity contribution in [3.63, 3.8) is 0 Å². The van der Waals surface area contributed by atoms with Gasteiger partial charge in [0.2, 0.25) is 11.8 Å². The molecule has 1 atom stereocenters. The zero-order valence-corrected chi connectivity index (χ0v) is 19.9. The Morgan fingerprint density at radius 3 is 2.46 bits per heavy atom. The normalized spacial score (nSPS) is 14.8. The van der Waals surface area contributed by atoms with Crippen molar-refractivity contribution in [2.45, 2.75) is 12.5 Å². The van der Waals surface area contributed by atoms with E-state index >= 15 is 0 Å². The number of nitrogens with two attached hydrogens (primary N) is 2. The lowest BCUT2D eigenvalue weighted by molar-refractivity contribution is 0.100. The zero-order chi connectivity index (χ0) is 24.9. The van der Waals surface area contributed by atoms with Gasteiger partial charge in [-0.05, 0) is 36.7 Å². The van der Waals surface area contributed by atoms with Gasteiger partial charge in [-0.2, -0.15) is 0 Å². The molecule has 2 aromatic carbocycles. The summed E-state index contributed by atoms with van der Waals surface area (Å²) in [5.41, 5.74) is 15.1. The molecule has 0 saturated heterocycles. The van der Waals surface area contributed by atoms with Gasteiger partial charge in [0.1, 0.15) is 6.10 Å². The Bertz CT molecular complexity index is 1100. The Hall–Kier alpha value is -4.17. The number of pyridine rings is 1. The first-order valence-corrected chi connectivity index (χ1v) is 11.4. The Labute approximate surface area is 206 Å². The number of nitrogens with one attached hydrogen (secondary N) is 2. The summed E-state index contributed by atoms with van der Waals surface area (Å²) in [7, 11) is 1.70. The first-order valence-electron chi connectivity index (χ1n) is 11.4. The minimum absolute atomic E-state index is 0.0141. The zero-order valence-electron chi connectivity index (χ0n) is 19.9. The van der Waals surface area contributed by atoms with Crippen LogP contribution in [0, 0.1) is 0 Å². The number of rotatable bonds is 8. The first kappa shape index (κ1) is 25.5. The van der Waals surface area contributed by atoms with Crippen LogP contribution >= 0.6 is 0 Å². The number of hydrogen-bond donors (Lipinski definition) is 4. The molecule has 2 heterocycles. The molecule has 0 fully saturated rings. The second kappa shape index (κ2) is 13.5. The number of anilines is 1. The van der Waals surface area contributed by atoms with Crippen molar-refractivity contribution in [1.29, 1.82) is 0 Å². The van der Waals surface area contributed by atoms with Crippen LogP contribution in [0.15, 0.2) is 84.1 Å². The molecular formula is C27H32N6O2. The van der Waals surface area contributed by atoms with Crippen LogP contribution in [0.5, 0.6) is 5.88 Å². The SMILES string of the molecule is CN=C/C(=C\N)c1cnc2c(c1)NCC(CNCCc1ccc(C(N)=O)cc1)O2.c1ccccc1. The van der Waals surface area contributed by atoms with Crippen molar-refractivity contribution >= 4 is 23.4 Å². The lowest BCUT2D eigenvalue weighted by atomic mass is 10.1. The Kier molecular flexibility index (Phi) is 9.83. The molecule has 8 heteroatoms. The molecule has 6 N–H and O–H groups in total. The summed E-state index contributed by atoms with van der Waals surface area (Å²) in [5.74, 6) is 0.171. The van der Waals surface area contributed by atoms with E-state index in [9.17, 15) is 4.79 Å². The number of aromatic nitrogens is 1. The predicted molar refractivity (Wildman–Crippen MR) is 142 cm³/mol. The van der Waals surface area contributed by atoms with Gasteiger partial charge in [-0.25, -0.2) is 4.98 Å². The third kappa shape index (κ3) is 7.97. The van der Waals surface area contributed by atoms with Crippen LogP contribution in [0.1, 0.15) is 21.5 Å².